The minimum Gasteiger partial charge on any atom is -0.356 e. The largest absolute Gasteiger partial charge is 0.356 e. The van der Waals surface area contributed by atoms with Crippen LogP contribution in [0.5, 0.6) is 0 Å². The van der Waals surface area contributed by atoms with Crippen LogP contribution in [0.3, 0.4) is 0 Å². The maximum absolute atomic E-state index is 11.9. The van der Waals surface area contributed by atoms with E-state index in [-0.39, 0.29) is 11.8 Å². The molecule has 0 aromatic heterocycles. The third-order valence-corrected chi connectivity index (χ3v) is 4.51. The Morgan fingerprint density at radius 3 is 2.59 bits per heavy atom. The Morgan fingerprint density at radius 1 is 1.29 bits per heavy atom. The lowest BCUT2D eigenvalue weighted by atomic mass is 9.86. The van der Waals surface area contributed by atoms with Crippen molar-refractivity contribution < 1.29 is 4.79 Å². The van der Waals surface area contributed by atoms with Crippen LogP contribution < -0.4 is 10.6 Å². The predicted molar refractivity (Wildman–Crippen MR) is 69.7 cm³/mol. The second-order valence-corrected chi connectivity index (χ2v) is 5.79. The molecule has 1 aliphatic heterocycles. The first-order chi connectivity index (χ1) is 8.27. The van der Waals surface area contributed by atoms with Gasteiger partial charge >= 0.3 is 0 Å². The Morgan fingerprint density at radius 2 is 2.00 bits per heavy atom. The van der Waals surface area contributed by atoms with Crippen LogP contribution in [0, 0.1) is 17.8 Å². The van der Waals surface area contributed by atoms with Crippen LogP contribution >= 0.6 is 0 Å². The van der Waals surface area contributed by atoms with E-state index in [0.717, 1.165) is 25.6 Å². The summed E-state index contributed by atoms with van der Waals surface area (Å²) >= 11 is 0. The van der Waals surface area contributed by atoms with Crippen molar-refractivity contribution in [1.82, 2.24) is 10.6 Å². The van der Waals surface area contributed by atoms with Crippen molar-refractivity contribution in [3.63, 3.8) is 0 Å². The van der Waals surface area contributed by atoms with Crippen molar-refractivity contribution in [3.8, 4) is 0 Å². The van der Waals surface area contributed by atoms with Gasteiger partial charge in [-0.15, -0.1) is 0 Å². The number of carbonyl (C=O) groups excluding carboxylic acids is 1. The molecule has 2 aliphatic rings. The third kappa shape index (κ3) is 3.70. The number of hydrogen-bond acceptors (Lipinski definition) is 2. The van der Waals surface area contributed by atoms with Crippen LogP contribution in [0.2, 0.25) is 0 Å². The van der Waals surface area contributed by atoms with E-state index in [1.54, 1.807) is 0 Å². The van der Waals surface area contributed by atoms with Gasteiger partial charge in [-0.3, -0.25) is 4.79 Å². The molecule has 98 valence electrons. The summed E-state index contributed by atoms with van der Waals surface area (Å²) in [6.45, 7) is 4.96. The quantitative estimate of drug-likeness (QED) is 0.768. The van der Waals surface area contributed by atoms with Crippen molar-refractivity contribution in [2.45, 2.75) is 45.4 Å². The summed E-state index contributed by atoms with van der Waals surface area (Å²) in [6.07, 6.45) is 8.12. The molecule has 0 aromatic rings. The zero-order chi connectivity index (χ0) is 12.1. The number of amides is 1. The highest BCUT2D eigenvalue weighted by Gasteiger charge is 2.28. The van der Waals surface area contributed by atoms with E-state index in [9.17, 15) is 4.79 Å². The predicted octanol–water partition coefficient (Wildman–Crippen LogP) is 1.93. The molecule has 2 fully saturated rings. The lowest BCUT2D eigenvalue weighted by Gasteiger charge is -2.32. The monoisotopic (exact) mass is 238 g/mol. The first kappa shape index (κ1) is 12.9. The van der Waals surface area contributed by atoms with Crippen molar-refractivity contribution >= 4 is 5.91 Å². The van der Waals surface area contributed by atoms with Gasteiger partial charge < -0.3 is 10.6 Å². The average Bonchev–Trinajstić information content (AvgIpc) is 2.28. The summed E-state index contributed by atoms with van der Waals surface area (Å²) in [5.41, 5.74) is 0. The fraction of sp³-hybridized carbons (Fsp3) is 0.929. The molecule has 3 heteroatoms. The normalized spacial score (nSPS) is 24.1. The minimum absolute atomic E-state index is 0.183. The number of carbonyl (C=O) groups is 1. The molecule has 0 aromatic carbocycles. The molecule has 0 bridgehead atoms. The highest BCUT2D eigenvalue weighted by molar-refractivity contribution is 5.78. The van der Waals surface area contributed by atoms with Crippen LogP contribution in [0.25, 0.3) is 0 Å². The summed E-state index contributed by atoms with van der Waals surface area (Å²) in [7, 11) is 0. The van der Waals surface area contributed by atoms with E-state index >= 15 is 0 Å². The smallest absolute Gasteiger partial charge is 0.223 e. The van der Waals surface area contributed by atoms with E-state index in [2.05, 4.69) is 17.6 Å². The molecule has 2 N–H and O–H groups in total. The maximum atomic E-state index is 11.9. The van der Waals surface area contributed by atoms with Crippen molar-refractivity contribution in [3.05, 3.63) is 0 Å². The standard InChI is InChI=1S/C14H26N2O/c1-11(13-9-15-10-13)14(17)16-8-7-12-5-3-2-4-6-12/h11-13,15H,2-10H2,1H3,(H,16,17). The Hall–Kier alpha value is -0.570. The lowest BCUT2D eigenvalue weighted by Crippen LogP contribution is -2.49. The Balaban J connectivity index is 1.58. The first-order valence-electron chi connectivity index (χ1n) is 7.26. The molecular formula is C14H26N2O. The van der Waals surface area contributed by atoms with Gasteiger partial charge in [-0.05, 0) is 31.3 Å². The molecule has 1 saturated heterocycles. The second-order valence-electron chi connectivity index (χ2n) is 5.79. The number of hydrogen-bond donors (Lipinski definition) is 2. The van der Waals surface area contributed by atoms with E-state index in [4.69, 9.17) is 0 Å². The zero-order valence-electron chi connectivity index (χ0n) is 11.0. The second kappa shape index (κ2) is 6.39. The molecule has 0 radical (unpaired) electrons. The molecule has 3 nitrogen and oxygen atoms in total. The number of rotatable bonds is 5. The fourth-order valence-corrected chi connectivity index (χ4v) is 2.91. The SMILES string of the molecule is CC(C(=O)NCCC1CCCCC1)C1CNC1. The summed E-state index contributed by atoms with van der Waals surface area (Å²) in [5.74, 6) is 1.87. The van der Waals surface area contributed by atoms with Gasteiger partial charge in [0.25, 0.3) is 0 Å². The van der Waals surface area contributed by atoms with Gasteiger partial charge in [0.2, 0.25) is 5.91 Å². The maximum Gasteiger partial charge on any atom is 0.223 e. The molecule has 1 atom stereocenters. The van der Waals surface area contributed by atoms with E-state index in [1.807, 2.05) is 0 Å². The molecule has 1 saturated carbocycles. The van der Waals surface area contributed by atoms with Gasteiger partial charge in [-0.1, -0.05) is 39.0 Å². The summed E-state index contributed by atoms with van der Waals surface area (Å²) < 4.78 is 0. The minimum atomic E-state index is 0.183. The molecule has 1 aliphatic carbocycles. The summed E-state index contributed by atoms with van der Waals surface area (Å²) in [5, 5.41) is 6.34. The fourth-order valence-electron chi connectivity index (χ4n) is 2.91. The zero-order valence-corrected chi connectivity index (χ0v) is 11.0. The van der Waals surface area contributed by atoms with E-state index < -0.39 is 0 Å². The molecule has 0 spiro atoms. The van der Waals surface area contributed by atoms with Gasteiger partial charge in [0.1, 0.15) is 0 Å². The van der Waals surface area contributed by atoms with Crippen LogP contribution in [-0.4, -0.2) is 25.5 Å². The molecular weight excluding hydrogens is 212 g/mol. The summed E-state index contributed by atoms with van der Waals surface area (Å²) in [4.78, 5) is 11.9. The molecule has 17 heavy (non-hydrogen) atoms. The number of nitrogens with one attached hydrogen (secondary N) is 2. The first-order valence-corrected chi connectivity index (χ1v) is 7.26. The van der Waals surface area contributed by atoms with Crippen LogP contribution in [0.4, 0.5) is 0 Å². The van der Waals surface area contributed by atoms with Gasteiger partial charge in [0.05, 0.1) is 0 Å². The van der Waals surface area contributed by atoms with Crippen molar-refractivity contribution in [1.29, 1.82) is 0 Å². The van der Waals surface area contributed by atoms with Gasteiger partial charge in [-0.25, -0.2) is 0 Å². The lowest BCUT2D eigenvalue weighted by molar-refractivity contribution is -0.126. The molecule has 1 unspecified atom stereocenters. The van der Waals surface area contributed by atoms with Crippen molar-refractivity contribution in [2.24, 2.45) is 17.8 Å². The van der Waals surface area contributed by atoms with E-state index in [0.29, 0.717) is 5.92 Å². The Bertz CT molecular complexity index is 245. The molecule has 1 amide bonds. The van der Waals surface area contributed by atoms with Gasteiger partial charge in [-0.2, -0.15) is 0 Å². The van der Waals surface area contributed by atoms with Crippen molar-refractivity contribution in [2.75, 3.05) is 19.6 Å². The van der Waals surface area contributed by atoms with Crippen LogP contribution in [-0.2, 0) is 4.79 Å². The Labute approximate surface area is 105 Å². The highest BCUT2D eigenvalue weighted by atomic mass is 16.1. The summed E-state index contributed by atoms with van der Waals surface area (Å²) in [6, 6.07) is 0. The van der Waals surface area contributed by atoms with Crippen LogP contribution in [0.15, 0.2) is 0 Å². The van der Waals surface area contributed by atoms with Crippen LogP contribution in [0.1, 0.15) is 45.4 Å². The average molecular weight is 238 g/mol. The van der Waals surface area contributed by atoms with Gasteiger partial charge in [0.15, 0.2) is 0 Å². The third-order valence-electron chi connectivity index (χ3n) is 4.51. The Kier molecular flexibility index (Phi) is 4.84. The molecule has 2 rings (SSSR count). The molecule has 1 heterocycles. The van der Waals surface area contributed by atoms with Gasteiger partial charge in [0, 0.05) is 12.5 Å². The highest BCUT2D eigenvalue weighted by Crippen LogP contribution is 2.25. The van der Waals surface area contributed by atoms with E-state index in [1.165, 1.54) is 38.5 Å². The topological polar surface area (TPSA) is 41.1 Å².